The molecular formula is C14H22N4S. The summed E-state index contributed by atoms with van der Waals surface area (Å²) in [6.45, 7) is 8.36. The van der Waals surface area contributed by atoms with Crippen molar-refractivity contribution in [3.05, 3.63) is 22.9 Å². The van der Waals surface area contributed by atoms with Gasteiger partial charge in [0.25, 0.3) is 0 Å². The van der Waals surface area contributed by atoms with Crippen LogP contribution in [0.5, 0.6) is 0 Å². The van der Waals surface area contributed by atoms with Crippen LogP contribution >= 0.6 is 12.2 Å². The highest BCUT2D eigenvalue weighted by Gasteiger charge is 2.13. The maximum absolute atomic E-state index is 5.80. The van der Waals surface area contributed by atoms with Gasteiger partial charge in [-0.3, -0.25) is 0 Å². The number of thiocarbonyl (C=S) groups is 1. The molecule has 5 heteroatoms. The Hall–Kier alpha value is -1.20. The zero-order valence-corrected chi connectivity index (χ0v) is 12.5. The Morgan fingerprint density at radius 3 is 2.74 bits per heavy atom. The molecule has 19 heavy (non-hydrogen) atoms. The Morgan fingerprint density at radius 1 is 1.42 bits per heavy atom. The van der Waals surface area contributed by atoms with Gasteiger partial charge in [0.15, 0.2) is 0 Å². The van der Waals surface area contributed by atoms with Crippen LogP contribution in [0.1, 0.15) is 29.7 Å². The van der Waals surface area contributed by atoms with Gasteiger partial charge in [-0.1, -0.05) is 12.2 Å². The minimum atomic E-state index is 0.411. The smallest absolute Gasteiger partial charge is 0.136 e. The summed E-state index contributed by atoms with van der Waals surface area (Å²) < 4.78 is 0. The molecule has 0 atom stereocenters. The second-order valence-corrected chi connectivity index (χ2v) is 5.58. The van der Waals surface area contributed by atoms with Crippen LogP contribution in [0, 0.1) is 13.8 Å². The fourth-order valence-electron chi connectivity index (χ4n) is 2.61. The summed E-state index contributed by atoms with van der Waals surface area (Å²) in [5, 5.41) is 3.38. The molecule has 1 saturated heterocycles. The van der Waals surface area contributed by atoms with Gasteiger partial charge in [-0.2, -0.15) is 0 Å². The van der Waals surface area contributed by atoms with Gasteiger partial charge in [-0.05, 0) is 51.4 Å². The topological polar surface area (TPSA) is 54.2 Å². The van der Waals surface area contributed by atoms with Crippen molar-refractivity contribution in [1.29, 1.82) is 0 Å². The number of nitrogens with one attached hydrogen (secondary N) is 1. The predicted molar refractivity (Wildman–Crippen MR) is 83.8 cm³/mol. The van der Waals surface area contributed by atoms with Crippen LogP contribution in [0.25, 0.3) is 0 Å². The van der Waals surface area contributed by atoms with Crippen molar-refractivity contribution in [1.82, 2.24) is 9.88 Å². The predicted octanol–water partition coefficient (Wildman–Crippen LogP) is 1.84. The molecule has 0 radical (unpaired) electrons. The van der Waals surface area contributed by atoms with Crippen molar-refractivity contribution in [3.8, 4) is 0 Å². The van der Waals surface area contributed by atoms with E-state index in [1.165, 1.54) is 25.9 Å². The molecule has 0 bridgehead atoms. The maximum atomic E-state index is 5.80. The van der Waals surface area contributed by atoms with Crippen molar-refractivity contribution in [2.45, 2.75) is 26.7 Å². The molecule has 0 amide bonds. The number of nitrogens with zero attached hydrogens (tertiary/aromatic N) is 2. The third-order valence-corrected chi connectivity index (χ3v) is 3.71. The molecule has 2 rings (SSSR count). The SMILES string of the molecule is Cc1cc(C)c(C(N)=S)c(NCCN2CCCC2)n1. The molecule has 3 N–H and O–H groups in total. The molecule has 1 aliphatic heterocycles. The molecule has 2 heterocycles. The lowest BCUT2D eigenvalue weighted by atomic mass is 10.1. The van der Waals surface area contributed by atoms with Crippen LogP contribution < -0.4 is 11.1 Å². The van der Waals surface area contributed by atoms with Crippen molar-refractivity contribution < 1.29 is 0 Å². The summed E-state index contributed by atoms with van der Waals surface area (Å²) in [7, 11) is 0. The molecule has 0 saturated carbocycles. The van der Waals surface area contributed by atoms with Gasteiger partial charge in [-0.25, -0.2) is 4.98 Å². The third-order valence-electron chi connectivity index (χ3n) is 3.51. The average Bonchev–Trinajstić information content (AvgIpc) is 2.80. The van der Waals surface area contributed by atoms with E-state index in [-0.39, 0.29) is 0 Å². The average molecular weight is 278 g/mol. The monoisotopic (exact) mass is 278 g/mol. The Labute approximate surface area is 120 Å². The highest BCUT2D eigenvalue weighted by atomic mass is 32.1. The van der Waals surface area contributed by atoms with E-state index < -0.39 is 0 Å². The first kappa shape index (κ1) is 14.2. The highest BCUT2D eigenvalue weighted by Crippen LogP contribution is 2.18. The molecule has 0 aliphatic carbocycles. The van der Waals surface area contributed by atoms with Crippen LogP contribution in [0.2, 0.25) is 0 Å². The summed E-state index contributed by atoms with van der Waals surface area (Å²) in [6.07, 6.45) is 2.64. The number of rotatable bonds is 5. The zero-order valence-electron chi connectivity index (χ0n) is 11.7. The van der Waals surface area contributed by atoms with E-state index in [9.17, 15) is 0 Å². The Bertz CT molecular complexity index is 467. The number of hydrogen-bond donors (Lipinski definition) is 2. The molecule has 4 nitrogen and oxygen atoms in total. The lowest BCUT2D eigenvalue weighted by Gasteiger charge is -2.17. The van der Waals surface area contributed by atoms with E-state index in [2.05, 4.69) is 15.2 Å². The van der Waals surface area contributed by atoms with Crippen LogP contribution in [0.4, 0.5) is 5.82 Å². The van der Waals surface area contributed by atoms with Crippen molar-refractivity contribution in [3.63, 3.8) is 0 Å². The fourth-order valence-corrected chi connectivity index (χ4v) is 2.87. The lowest BCUT2D eigenvalue weighted by Crippen LogP contribution is -2.27. The Kier molecular flexibility index (Phi) is 4.71. The first-order valence-corrected chi connectivity index (χ1v) is 7.23. The summed E-state index contributed by atoms with van der Waals surface area (Å²) in [6, 6.07) is 2.01. The quantitative estimate of drug-likeness (QED) is 0.805. The van der Waals surface area contributed by atoms with Crippen LogP contribution in [-0.2, 0) is 0 Å². The van der Waals surface area contributed by atoms with E-state index in [0.717, 1.165) is 35.7 Å². The van der Waals surface area contributed by atoms with E-state index in [0.29, 0.717) is 4.99 Å². The number of aromatic nitrogens is 1. The van der Waals surface area contributed by atoms with Gasteiger partial charge in [0.2, 0.25) is 0 Å². The van der Waals surface area contributed by atoms with Gasteiger partial charge in [0, 0.05) is 18.8 Å². The van der Waals surface area contributed by atoms with Crippen LogP contribution in [0.3, 0.4) is 0 Å². The minimum Gasteiger partial charge on any atom is -0.389 e. The number of aryl methyl sites for hydroxylation is 2. The van der Waals surface area contributed by atoms with Gasteiger partial charge in [0.1, 0.15) is 10.8 Å². The molecule has 1 aromatic heterocycles. The standard InChI is InChI=1S/C14H22N4S/c1-10-9-11(2)17-14(12(10)13(15)19)16-5-8-18-6-3-4-7-18/h9H,3-8H2,1-2H3,(H2,15,19)(H,16,17). The number of pyridine rings is 1. The number of nitrogens with two attached hydrogens (primary N) is 1. The normalized spacial score (nSPS) is 15.7. The number of anilines is 1. The zero-order chi connectivity index (χ0) is 13.8. The lowest BCUT2D eigenvalue weighted by molar-refractivity contribution is 0.352. The Morgan fingerprint density at radius 2 is 2.11 bits per heavy atom. The summed E-state index contributed by atoms with van der Waals surface area (Å²) in [5.41, 5.74) is 8.75. The highest BCUT2D eigenvalue weighted by molar-refractivity contribution is 7.80. The van der Waals surface area contributed by atoms with E-state index in [4.69, 9.17) is 18.0 Å². The second kappa shape index (κ2) is 6.30. The van der Waals surface area contributed by atoms with Crippen molar-refractivity contribution in [2.75, 3.05) is 31.5 Å². The Balaban J connectivity index is 2.03. The van der Waals surface area contributed by atoms with Gasteiger partial charge in [0.05, 0.1) is 5.56 Å². The van der Waals surface area contributed by atoms with Gasteiger partial charge >= 0.3 is 0 Å². The molecule has 1 aliphatic rings. The summed E-state index contributed by atoms with van der Waals surface area (Å²) in [5.74, 6) is 0.823. The molecule has 0 unspecified atom stereocenters. The summed E-state index contributed by atoms with van der Waals surface area (Å²) in [4.78, 5) is 7.40. The van der Waals surface area contributed by atoms with E-state index in [1.54, 1.807) is 0 Å². The van der Waals surface area contributed by atoms with E-state index in [1.807, 2.05) is 19.9 Å². The van der Waals surface area contributed by atoms with Gasteiger partial charge in [-0.15, -0.1) is 0 Å². The van der Waals surface area contributed by atoms with Crippen LogP contribution in [-0.4, -0.2) is 41.1 Å². The first-order chi connectivity index (χ1) is 9.08. The minimum absolute atomic E-state index is 0.411. The van der Waals surface area contributed by atoms with Crippen LogP contribution in [0.15, 0.2) is 6.07 Å². The molecule has 104 valence electrons. The van der Waals surface area contributed by atoms with Gasteiger partial charge < -0.3 is 16.0 Å². The molecular weight excluding hydrogens is 256 g/mol. The van der Waals surface area contributed by atoms with E-state index >= 15 is 0 Å². The number of likely N-dealkylation sites (tertiary alicyclic amines) is 1. The molecule has 1 fully saturated rings. The second-order valence-electron chi connectivity index (χ2n) is 5.14. The van der Waals surface area contributed by atoms with Crippen molar-refractivity contribution in [2.24, 2.45) is 5.73 Å². The largest absolute Gasteiger partial charge is 0.389 e. The third kappa shape index (κ3) is 3.64. The first-order valence-electron chi connectivity index (χ1n) is 6.82. The molecule has 1 aromatic rings. The molecule has 0 spiro atoms. The number of hydrogen-bond acceptors (Lipinski definition) is 4. The fraction of sp³-hybridized carbons (Fsp3) is 0.571. The van der Waals surface area contributed by atoms with Crippen molar-refractivity contribution >= 4 is 23.0 Å². The summed E-state index contributed by atoms with van der Waals surface area (Å²) >= 11 is 5.13. The molecule has 0 aromatic carbocycles. The maximum Gasteiger partial charge on any atom is 0.136 e.